The smallest absolute Gasteiger partial charge is 0.332 e. The van der Waals surface area contributed by atoms with Gasteiger partial charge >= 0.3 is 5.69 Å². The van der Waals surface area contributed by atoms with Gasteiger partial charge in [-0.1, -0.05) is 6.07 Å². The summed E-state index contributed by atoms with van der Waals surface area (Å²) in [5.41, 5.74) is 0.796. The van der Waals surface area contributed by atoms with Crippen molar-refractivity contribution in [3.8, 4) is 11.5 Å². The average Bonchev–Trinajstić information content (AvgIpc) is 3.35. The summed E-state index contributed by atoms with van der Waals surface area (Å²) < 4.78 is 14.8. The van der Waals surface area contributed by atoms with E-state index in [1.165, 1.54) is 28.1 Å². The molecular weight excluding hydrogens is 434 g/mol. The molecule has 0 saturated carbocycles. The number of aromatic nitrogens is 4. The van der Waals surface area contributed by atoms with Gasteiger partial charge in [-0.15, -0.1) is 0 Å². The van der Waals surface area contributed by atoms with Crippen LogP contribution in [-0.2, 0) is 25.4 Å². The number of ether oxygens (including phenoxy) is 2. The molecule has 3 aromatic rings. The van der Waals surface area contributed by atoms with Gasteiger partial charge in [-0.3, -0.25) is 18.7 Å². The van der Waals surface area contributed by atoms with E-state index in [4.69, 9.17) is 9.47 Å². The first-order chi connectivity index (χ1) is 15.4. The zero-order valence-corrected chi connectivity index (χ0v) is 18.6. The maximum absolute atomic E-state index is 13.1. The minimum atomic E-state index is -0.456. The van der Waals surface area contributed by atoms with Gasteiger partial charge in [-0.05, 0) is 24.1 Å². The molecule has 10 nitrogen and oxygen atoms in total. The van der Waals surface area contributed by atoms with Gasteiger partial charge in [0.2, 0.25) is 12.7 Å². The van der Waals surface area contributed by atoms with Gasteiger partial charge in [0.15, 0.2) is 22.7 Å². The Morgan fingerprint density at radius 2 is 1.97 bits per heavy atom. The molecule has 11 heteroatoms. The van der Waals surface area contributed by atoms with E-state index in [1.807, 2.05) is 28.8 Å². The molecule has 4 heterocycles. The highest BCUT2D eigenvalue weighted by Gasteiger charge is 2.25. The van der Waals surface area contributed by atoms with E-state index in [9.17, 15) is 14.4 Å². The first-order valence-corrected chi connectivity index (χ1v) is 11.4. The number of carbonyl (C=O) groups excluding carboxylic acids is 1. The standard InChI is InChI=1S/C21H23N5O5S/c1-23-19-18(20(28)24(2)21(23)29)26(11-22-19)10-17(27)25-6-5-16(32-8-7-25)13-3-4-14-15(9-13)31-12-30-14/h3-4,9,11,16H,5-8,10,12H2,1-2H3. The minimum Gasteiger partial charge on any atom is -0.454 e. The van der Waals surface area contributed by atoms with Crippen molar-refractivity contribution in [2.24, 2.45) is 14.1 Å². The van der Waals surface area contributed by atoms with Gasteiger partial charge in [0, 0.05) is 38.2 Å². The third kappa shape index (κ3) is 3.46. The summed E-state index contributed by atoms with van der Waals surface area (Å²) >= 11 is 1.82. The summed E-state index contributed by atoms with van der Waals surface area (Å²) in [5, 5.41) is 0.262. The van der Waals surface area contributed by atoms with Crippen LogP contribution in [0.1, 0.15) is 17.2 Å². The first-order valence-electron chi connectivity index (χ1n) is 10.3. The third-order valence-corrected chi connectivity index (χ3v) is 7.31. The fourth-order valence-corrected chi connectivity index (χ4v) is 5.38. The molecule has 1 aromatic carbocycles. The maximum Gasteiger partial charge on any atom is 0.332 e. The Labute approximate surface area is 187 Å². The van der Waals surface area contributed by atoms with E-state index in [2.05, 4.69) is 11.1 Å². The molecule has 0 radical (unpaired) electrons. The van der Waals surface area contributed by atoms with Gasteiger partial charge in [0.05, 0.1) is 6.33 Å². The number of hydrogen-bond donors (Lipinski definition) is 0. The minimum absolute atomic E-state index is 0.00327. The Kier molecular flexibility index (Phi) is 5.20. The van der Waals surface area contributed by atoms with Crippen molar-refractivity contribution in [2.45, 2.75) is 18.2 Å². The summed E-state index contributed by atoms with van der Waals surface area (Å²) in [6.07, 6.45) is 2.27. The van der Waals surface area contributed by atoms with Crippen molar-refractivity contribution in [2.75, 3.05) is 25.6 Å². The molecule has 0 N–H and O–H groups in total. The third-order valence-electron chi connectivity index (χ3n) is 5.99. The fourth-order valence-electron chi connectivity index (χ4n) is 4.16. The van der Waals surface area contributed by atoms with E-state index < -0.39 is 11.2 Å². The van der Waals surface area contributed by atoms with Crippen LogP contribution < -0.4 is 20.7 Å². The molecule has 0 spiro atoms. The Balaban J connectivity index is 1.32. The van der Waals surface area contributed by atoms with E-state index in [1.54, 1.807) is 7.05 Å². The van der Waals surface area contributed by atoms with Crippen molar-refractivity contribution in [3.05, 3.63) is 50.9 Å². The molecule has 1 atom stereocenters. The van der Waals surface area contributed by atoms with Crippen LogP contribution >= 0.6 is 11.8 Å². The largest absolute Gasteiger partial charge is 0.454 e. The summed E-state index contributed by atoms with van der Waals surface area (Å²) in [7, 11) is 2.98. The molecule has 1 amide bonds. The lowest BCUT2D eigenvalue weighted by Gasteiger charge is -2.21. The number of rotatable bonds is 3. The monoisotopic (exact) mass is 457 g/mol. The van der Waals surface area contributed by atoms with E-state index in [-0.39, 0.29) is 35.7 Å². The number of amides is 1. The van der Waals surface area contributed by atoms with Crippen molar-refractivity contribution >= 4 is 28.8 Å². The lowest BCUT2D eigenvalue weighted by Crippen LogP contribution is -2.39. The second-order valence-electron chi connectivity index (χ2n) is 7.89. The zero-order valence-electron chi connectivity index (χ0n) is 17.8. The average molecular weight is 458 g/mol. The number of aryl methyl sites for hydroxylation is 1. The van der Waals surface area contributed by atoms with Crippen LogP contribution in [0.2, 0.25) is 0 Å². The van der Waals surface area contributed by atoms with Gasteiger partial charge in [-0.25, -0.2) is 9.78 Å². The number of imidazole rings is 1. The molecule has 2 aromatic heterocycles. The van der Waals surface area contributed by atoms with Crippen molar-refractivity contribution < 1.29 is 14.3 Å². The van der Waals surface area contributed by atoms with Crippen LogP contribution in [0.5, 0.6) is 11.5 Å². The fraction of sp³-hybridized carbons (Fsp3) is 0.429. The van der Waals surface area contributed by atoms with Crippen LogP contribution in [0, 0.1) is 0 Å². The van der Waals surface area contributed by atoms with E-state index >= 15 is 0 Å². The highest BCUT2D eigenvalue weighted by Crippen LogP contribution is 2.40. The van der Waals surface area contributed by atoms with Crippen LogP contribution in [-0.4, -0.2) is 55.1 Å². The van der Waals surface area contributed by atoms with Crippen LogP contribution in [0.15, 0.2) is 34.1 Å². The molecule has 0 aliphatic carbocycles. The molecule has 2 aliphatic rings. The number of nitrogens with zero attached hydrogens (tertiary/aromatic N) is 5. The molecule has 2 aliphatic heterocycles. The highest BCUT2D eigenvalue weighted by atomic mass is 32.2. The van der Waals surface area contributed by atoms with Gasteiger partial charge in [0.25, 0.3) is 5.56 Å². The second-order valence-corrected chi connectivity index (χ2v) is 9.20. The molecular formula is C21H23N5O5S. The topological polar surface area (TPSA) is 101 Å². The lowest BCUT2D eigenvalue weighted by atomic mass is 10.1. The van der Waals surface area contributed by atoms with Gasteiger partial charge in [0.1, 0.15) is 6.54 Å². The molecule has 168 valence electrons. The molecule has 1 saturated heterocycles. The summed E-state index contributed by atoms with van der Waals surface area (Å²) in [5.74, 6) is 2.27. The number of benzene rings is 1. The number of fused-ring (bicyclic) bond motifs is 2. The van der Waals surface area contributed by atoms with Crippen molar-refractivity contribution in [1.82, 2.24) is 23.6 Å². The molecule has 32 heavy (non-hydrogen) atoms. The van der Waals surface area contributed by atoms with Crippen molar-refractivity contribution in [3.63, 3.8) is 0 Å². The predicted octanol–water partition coefficient (Wildman–Crippen LogP) is 0.869. The lowest BCUT2D eigenvalue weighted by molar-refractivity contribution is -0.131. The Morgan fingerprint density at radius 3 is 2.81 bits per heavy atom. The molecule has 5 rings (SSSR count). The Morgan fingerprint density at radius 1 is 1.16 bits per heavy atom. The maximum atomic E-state index is 13.1. The van der Waals surface area contributed by atoms with Crippen LogP contribution in [0.4, 0.5) is 0 Å². The van der Waals surface area contributed by atoms with Crippen molar-refractivity contribution in [1.29, 1.82) is 0 Å². The number of hydrogen-bond acceptors (Lipinski definition) is 7. The zero-order chi connectivity index (χ0) is 22.4. The normalized spacial score (nSPS) is 18.2. The summed E-state index contributed by atoms with van der Waals surface area (Å²) in [4.78, 5) is 43.8. The second kappa shape index (κ2) is 8.05. The predicted molar refractivity (Wildman–Crippen MR) is 119 cm³/mol. The van der Waals surface area contributed by atoms with Crippen LogP contribution in [0.25, 0.3) is 11.2 Å². The quantitative estimate of drug-likeness (QED) is 0.575. The summed E-state index contributed by atoms with van der Waals surface area (Å²) in [6.45, 7) is 1.50. The first kappa shape index (κ1) is 20.7. The molecule has 1 fully saturated rings. The molecule has 0 bridgehead atoms. The summed E-state index contributed by atoms with van der Waals surface area (Å²) in [6, 6.07) is 6.01. The molecule has 1 unspecified atom stereocenters. The SMILES string of the molecule is Cn1c(=O)c2c(ncn2CC(=O)N2CCSC(c3ccc4c(c3)OCO4)CC2)n(C)c1=O. The van der Waals surface area contributed by atoms with Gasteiger partial charge < -0.3 is 18.9 Å². The Bertz CT molecular complexity index is 1330. The number of carbonyl (C=O) groups is 1. The van der Waals surface area contributed by atoms with E-state index in [0.29, 0.717) is 13.1 Å². The highest BCUT2D eigenvalue weighted by molar-refractivity contribution is 7.99. The number of thioether (sulfide) groups is 1. The van der Waals surface area contributed by atoms with Crippen LogP contribution in [0.3, 0.4) is 0 Å². The Hall–Kier alpha value is -3.21. The van der Waals surface area contributed by atoms with Gasteiger partial charge in [-0.2, -0.15) is 11.8 Å². The van der Waals surface area contributed by atoms with E-state index in [0.717, 1.165) is 28.2 Å².